The Morgan fingerprint density at radius 3 is 2.83 bits per heavy atom. The molecule has 0 bridgehead atoms. The van der Waals surface area contributed by atoms with Gasteiger partial charge in [0.2, 0.25) is 0 Å². The van der Waals surface area contributed by atoms with E-state index in [4.69, 9.17) is 4.74 Å². The van der Waals surface area contributed by atoms with E-state index in [1.54, 1.807) is 7.11 Å². The Balaban J connectivity index is 2.60. The third-order valence-corrected chi connectivity index (χ3v) is 3.27. The first-order chi connectivity index (χ1) is 8.58. The van der Waals surface area contributed by atoms with Crippen molar-refractivity contribution in [2.24, 2.45) is 0 Å². The number of allylic oxidation sites excluding steroid dienone is 1. The summed E-state index contributed by atoms with van der Waals surface area (Å²) in [4.78, 5) is 11.7. The molecular weight excluding hydrogens is 226 g/mol. The van der Waals surface area contributed by atoms with Crippen LogP contribution in [0, 0.1) is 6.92 Å². The molecule has 2 aromatic rings. The van der Waals surface area contributed by atoms with Crippen LogP contribution in [0.4, 0.5) is 0 Å². The lowest BCUT2D eigenvalue weighted by Crippen LogP contribution is -2.12. The fourth-order valence-corrected chi connectivity index (χ4v) is 2.16. The van der Waals surface area contributed by atoms with Gasteiger partial charge in [0, 0.05) is 17.1 Å². The van der Waals surface area contributed by atoms with Gasteiger partial charge in [-0.15, -0.1) is 0 Å². The zero-order chi connectivity index (χ0) is 13.3. The summed E-state index contributed by atoms with van der Waals surface area (Å²) in [6, 6.07) is 5.65. The number of benzene rings is 1. The molecule has 2 rings (SSSR count). The minimum absolute atomic E-state index is 0.0164. The highest BCUT2D eigenvalue weighted by Crippen LogP contribution is 2.28. The third-order valence-electron chi connectivity index (χ3n) is 3.27. The lowest BCUT2D eigenvalue weighted by atomic mass is 10.2. The molecule has 0 spiro atoms. The number of hydrogen-bond donors (Lipinski definition) is 0. The molecule has 18 heavy (non-hydrogen) atoms. The van der Waals surface area contributed by atoms with Crippen molar-refractivity contribution in [3.05, 3.63) is 42.6 Å². The molecule has 0 N–H and O–H groups in total. The van der Waals surface area contributed by atoms with E-state index in [-0.39, 0.29) is 11.8 Å². The van der Waals surface area contributed by atoms with Crippen LogP contribution in [-0.4, -0.2) is 17.5 Å². The van der Waals surface area contributed by atoms with Crippen molar-refractivity contribution in [2.45, 2.75) is 19.9 Å². The molecule has 3 nitrogen and oxygen atoms in total. The molecule has 0 saturated carbocycles. The van der Waals surface area contributed by atoms with Crippen molar-refractivity contribution in [3.8, 4) is 5.75 Å². The predicted molar refractivity (Wildman–Crippen MR) is 73.1 cm³/mol. The first-order valence-corrected chi connectivity index (χ1v) is 5.90. The van der Waals surface area contributed by atoms with E-state index < -0.39 is 0 Å². The van der Waals surface area contributed by atoms with Crippen molar-refractivity contribution in [3.63, 3.8) is 0 Å². The monoisotopic (exact) mass is 243 g/mol. The van der Waals surface area contributed by atoms with Gasteiger partial charge in [0.05, 0.1) is 13.2 Å². The van der Waals surface area contributed by atoms with Crippen molar-refractivity contribution >= 4 is 16.7 Å². The Bertz CT molecular complexity index is 610. The second kappa shape index (κ2) is 4.69. The smallest absolute Gasteiger partial charge is 0.177 e. The standard InChI is InChI=1S/C15H17NO2/c1-5-15(17)11(3)16-9-10(2)13-8-12(18-4)6-7-14(13)16/h5-9,11H,1H2,2-4H3. The zero-order valence-electron chi connectivity index (χ0n) is 10.9. The molecule has 0 radical (unpaired) electrons. The Morgan fingerprint density at radius 1 is 1.50 bits per heavy atom. The molecule has 1 aromatic heterocycles. The van der Waals surface area contributed by atoms with Gasteiger partial charge >= 0.3 is 0 Å². The Morgan fingerprint density at radius 2 is 2.22 bits per heavy atom. The average Bonchev–Trinajstić information content (AvgIpc) is 2.73. The van der Waals surface area contributed by atoms with E-state index in [2.05, 4.69) is 6.58 Å². The maximum absolute atomic E-state index is 11.7. The van der Waals surface area contributed by atoms with E-state index in [0.29, 0.717) is 0 Å². The van der Waals surface area contributed by atoms with Gasteiger partial charge in [-0.2, -0.15) is 0 Å². The summed E-state index contributed by atoms with van der Waals surface area (Å²) in [6.45, 7) is 7.45. The van der Waals surface area contributed by atoms with Gasteiger partial charge in [-0.3, -0.25) is 4.79 Å². The van der Waals surface area contributed by atoms with Crippen LogP contribution >= 0.6 is 0 Å². The molecule has 0 aliphatic heterocycles. The summed E-state index contributed by atoms with van der Waals surface area (Å²) in [5.74, 6) is 0.841. The van der Waals surface area contributed by atoms with Crippen molar-refractivity contribution in [2.75, 3.05) is 7.11 Å². The number of carbonyl (C=O) groups excluding carboxylic acids is 1. The van der Waals surface area contributed by atoms with Crippen molar-refractivity contribution in [1.82, 2.24) is 4.57 Å². The number of fused-ring (bicyclic) bond motifs is 1. The molecule has 1 unspecified atom stereocenters. The molecule has 0 saturated heterocycles. The van der Waals surface area contributed by atoms with Crippen LogP contribution < -0.4 is 4.74 Å². The largest absolute Gasteiger partial charge is 0.497 e. The van der Waals surface area contributed by atoms with Crippen LogP contribution in [0.1, 0.15) is 18.5 Å². The molecule has 0 amide bonds. The summed E-state index contributed by atoms with van der Waals surface area (Å²) in [5.41, 5.74) is 2.17. The summed E-state index contributed by atoms with van der Waals surface area (Å²) in [6.07, 6.45) is 3.37. The second-order valence-electron chi connectivity index (χ2n) is 4.38. The van der Waals surface area contributed by atoms with E-state index in [0.717, 1.165) is 22.2 Å². The molecule has 0 fully saturated rings. The van der Waals surface area contributed by atoms with Gasteiger partial charge < -0.3 is 9.30 Å². The zero-order valence-corrected chi connectivity index (χ0v) is 10.9. The normalized spacial score (nSPS) is 12.4. The highest BCUT2D eigenvalue weighted by Gasteiger charge is 2.15. The maximum atomic E-state index is 11.7. The van der Waals surface area contributed by atoms with Crippen LogP contribution in [-0.2, 0) is 4.79 Å². The number of methoxy groups -OCH3 is 1. The molecule has 0 aliphatic carbocycles. The van der Waals surface area contributed by atoms with Crippen molar-refractivity contribution in [1.29, 1.82) is 0 Å². The Labute approximate surface area is 107 Å². The Hall–Kier alpha value is -2.03. The SMILES string of the molecule is C=CC(=O)C(C)n1cc(C)c2cc(OC)ccc21. The highest BCUT2D eigenvalue weighted by atomic mass is 16.5. The molecular formula is C15H17NO2. The summed E-state index contributed by atoms with van der Waals surface area (Å²) >= 11 is 0. The van der Waals surface area contributed by atoms with E-state index >= 15 is 0 Å². The quantitative estimate of drug-likeness (QED) is 0.772. The predicted octanol–water partition coefficient (Wildman–Crippen LogP) is 3.27. The summed E-state index contributed by atoms with van der Waals surface area (Å²) < 4.78 is 7.20. The number of aryl methyl sites for hydroxylation is 1. The first-order valence-electron chi connectivity index (χ1n) is 5.90. The number of aromatic nitrogens is 1. The maximum Gasteiger partial charge on any atom is 0.177 e. The van der Waals surface area contributed by atoms with Gasteiger partial charge in [-0.05, 0) is 43.7 Å². The fourth-order valence-electron chi connectivity index (χ4n) is 2.16. The van der Waals surface area contributed by atoms with Crippen molar-refractivity contribution < 1.29 is 9.53 Å². The summed E-state index contributed by atoms with van der Waals surface area (Å²) in [7, 11) is 1.65. The molecule has 0 aliphatic rings. The lowest BCUT2D eigenvalue weighted by molar-refractivity contribution is -0.117. The van der Waals surface area contributed by atoms with Gasteiger partial charge in [0.15, 0.2) is 5.78 Å². The Kier molecular flexibility index (Phi) is 3.24. The van der Waals surface area contributed by atoms with Crippen LogP contribution in [0.5, 0.6) is 5.75 Å². The average molecular weight is 243 g/mol. The van der Waals surface area contributed by atoms with E-state index in [1.165, 1.54) is 6.08 Å². The van der Waals surface area contributed by atoms with Gasteiger partial charge in [0.1, 0.15) is 5.75 Å². The van der Waals surface area contributed by atoms with Gasteiger partial charge in [-0.1, -0.05) is 6.58 Å². The number of nitrogens with zero attached hydrogens (tertiary/aromatic N) is 1. The van der Waals surface area contributed by atoms with Gasteiger partial charge in [-0.25, -0.2) is 0 Å². The number of hydrogen-bond acceptors (Lipinski definition) is 2. The van der Waals surface area contributed by atoms with Crippen LogP contribution in [0.3, 0.4) is 0 Å². The molecule has 3 heteroatoms. The third kappa shape index (κ3) is 1.92. The van der Waals surface area contributed by atoms with Crippen LogP contribution in [0.25, 0.3) is 10.9 Å². The minimum Gasteiger partial charge on any atom is -0.497 e. The fraction of sp³-hybridized carbons (Fsp3) is 0.267. The second-order valence-corrected chi connectivity index (χ2v) is 4.38. The van der Waals surface area contributed by atoms with Gasteiger partial charge in [0.25, 0.3) is 0 Å². The highest BCUT2D eigenvalue weighted by molar-refractivity contribution is 5.94. The molecule has 1 atom stereocenters. The molecule has 1 aromatic carbocycles. The first kappa shape index (κ1) is 12.4. The molecule has 94 valence electrons. The topological polar surface area (TPSA) is 31.2 Å². The van der Waals surface area contributed by atoms with Crippen LogP contribution in [0.2, 0.25) is 0 Å². The van der Waals surface area contributed by atoms with E-state index in [1.807, 2.05) is 42.8 Å². The number of rotatable bonds is 4. The number of ether oxygens (including phenoxy) is 1. The lowest BCUT2D eigenvalue weighted by Gasteiger charge is -2.12. The van der Waals surface area contributed by atoms with Crippen LogP contribution in [0.15, 0.2) is 37.1 Å². The summed E-state index contributed by atoms with van der Waals surface area (Å²) in [5, 5.41) is 1.11. The number of ketones is 1. The molecule has 1 heterocycles. The minimum atomic E-state index is -0.230. The van der Waals surface area contributed by atoms with E-state index in [9.17, 15) is 4.79 Å². The number of carbonyl (C=O) groups is 1.